The SMILES string of the molecule is O=C(Cc1coc2cc(O)ccc12)OCc1ccc(Cl)cc1. The van der Waals surface area contributed by atoms with E-state index in [1.54, 1.807) is 24.3 Å². The predicted octanol–water partition coefficient (Wildman–Crippen LogP) is 4.08. The number of phenols is 1. The molecule has 0 saturated carbocycles. The van der Waals surface area contributed by atoms with Crippen LogP contribution in [0.2, 0.25) is 5.02 Å². The average molecular weight is 317 g/mol. The van der Waals surface area contributed by atoms with Gasteiger partial charge in [0.25, 0.3) is 0 Å². The van der Waals surface area contributed by atoms with Crippen LogP contribution in [0.5, 0.6) is 5.75 Å². The van der Waals surface area contributed by atoms with Crippen LogP contribution >= 0.6 is 11.6 Å². The van der Waals surface area contributed by atoms with Gasteiger partial charge in [0.2, 0.25) is 0 Å². The summed E-state index contributed by atoms with van der Waals surface area (Å²) in [6.07, 6.45) is 1.62. The van der Waals surface area contributed by atoms with E-state index in [4.69, 9.17) is 20.8 Å². The normalized spacial score (nSPS) is 10.8. The van der Waals surface area contributed by atoms with Gasteiger partial charge in [-0.05, 0) is 29.8 Å². The lowest BCUT2D eigenvalue weighted by atomic mass is 10.1. The highest BCUT2D eigenvalue weighted by molar-refractivity contribution is 6.30. The molecule has 22 heavy (non-hydrogen) atoms. The van der Waals surface area contributed by atoms with Gasteiger partial charge >= 0.3 is 5.97 Å². The Morgan fingerprint density at radius 2 is 1.95 bits per heavy atom. The minimum atomic E-state index is -0.342. The van der Waals surface area contributed by atoms with Crippen LogP contribution in [0.1, 0.15) is 11.1 Å². The second kappa shape index (κ2) is 6.12. The number of halogens is 1. The summed E-state index contributed by atoms with van der Waals surface area (Å²) in [7, 11) is 0. The highest BCUT2D eigenvalue weighted by atomic mass is 35.5. The van der Waals surface area contributed by atoms with Crippen molar-refractivity contribution in [1.29, 1.82) is 0 Å². The van der Waals surface area contributed by atoms with Crippen LogP contribution < -0.4 is 0 Å². The second-order valence-corrected chi connectivity index (χ2v) is 5.34. The van der Waals surface area contributed by atoms with Gasteiger partial charge in [-0.3, -0.25) is 4.79 Å². The first-order valence-corrected chi connectivity index (χ1v) is 7.09. The van der Waals surface area contributed by atoms with Gasteiger partial charge < -0.3 is 14.3 Å². The van der Waals surface area contributed by atoms with E-state index < -0.39 is 0 Å². The molecule has 0 aliphatic rings. The van der Waals surface area contributed by atoms with Gasteiger partial charge in [0.05, 0.1) is 12.7 Å². The van der Waals surface area contributed by atoms with Crippen molar-refractivity contribution in [3.05, 3.63) is 64.9 Å². The van der Waals surface area contributed by atoms with E-state index in [2.05, 4.69) is 0 Å². The third kappa shape index (κ3) is 3.23. The molecule has 0 fully saturated rings. The Balaban J connectivity index is 1.64. The zero-order valence-corrected chi connectivity index (χ0v) is 12.3. The van der Waals surface area contributed by atoms with Gasteiger partial charge in [0.15, 0.2) is 0 Å². The number of rotatable bonds is 4. The van der Waals surface area contributed by atoms with Gasteiger partial charge in [-0.25, -0.2) is 0 Å². The monoisotopic (exact) mass is 316 g/mol. The van der Waals surface area contributed by atoms with Crippen molar-refractivity contribution < 1.29 is 19.1 Å². The van der Waals surface area contributed by atoms with Crippen molar-refractivity contribution in [1.82, 2.24) is 0 Å². The number of furan rings is 1. The number of esters is 1. The maximum atomic E-state index is 11.9. The molecule has 0 saturated heterocycles. The largest absolute Gasteiger partial charge is 0.508 e. The number of carbonyl (C=O) groups excluding carboxylic acids is 1. The van der Waals surface area contributed by atoms with Crippen LogP contribution in [0.15, 0.2) is 53.1 Å². The average Bonchev–Trinajstić information content (AvgIpc) is 2.89. The van der Waals surface area contributed by atoms with E-state index in [9.17, 15) is 9.90 Å². The van der Waals surface area contributed by atoms with Crippen molar-refractivity contribution in [2.24, 2.45) is 0 Å². The number of aromatic hydroxyl groups is 1. The molecule has 5 heteroatoms. The molecule has 1 aromatic heterocycles. The highest BCUT2D eigenvalue weighted by Gasteiger charge is 2.12. The molecule has 1 N–H and O–H groups in total. The minimum Gasteiger partial charge on any atom is -0.508 e. The fraction of sp³-hybridized carbons (Fsp3) is 0.118. The molecule has 1 heterocycles. The topological polar surface area (TPSA) is 59.7 Å². The first-order valence-electron chi connectivity index (χ1n) is 6.71. The molecule has 2 aromatic carbocycles. The molecular formula is C17H13ClO4. The molecule has 3 rings (SSSR count). The summed E-state index contributed by atoms with van der Waals surface area (Å²) >= 11 is 5.80. The Hall–Kier alpha value is -2.46. The zero-order valence-electron chi connectivity index (χ0n) is 11.6. The lowest BCUT2D eigenvalue weighted by Gasteiger charge is -2.04. The first-order chi connectivity index (χ1) is 10.6. The third-order valence-corrected chi connectivity index (χ3v) is 3.54. The highest BCUT2D eigenvalue weighted by Crippen LogP contribution is 2.25. The number of fused-ring (bicyclic) bond motifs is 1. The number of carbonyl (C=O) groups is 1. The number of phenolic OH excluding ortho intramolecular Hbond substituents is 1. The second-order valence-electron chi connectivity index (χ2n) is 4.91. The number of benzene rings is 2. The van der Waals surface area contributed by atoms with E-state index in [-0.39, 0.29) is 24.7 Å². The van der Waals surface area contributed by atoms with Gasteiger partial charge in [-0.15, -0.1) is 0 Å². The van der Waals surface area contributed by atoms with E-state index >= 15 is 0 Å². The van der Waals surface area contributed by atoms with Gasteiger partial charge in [0, 0.05) is 22.0 Å². The van der Waals surface area contributed by atoms with Crippen molar-refractivity contribution in [3.8, 4) is 5.75 Å². The lowest BCUT2D eigenvalue weighted by Crippen LogP contribution is -2.07. The summed E-state index contributed by atoms with van der Waals surface area (Å²) < 4.78 is 10.6. The summed E-state index contributed by atoms with van der Waals surface area (Å²) in [4.78, 5) is 11.9. The Bertz CT molecular complexity index is 805. The number of ether oxygens (including phenoxy) is 1. The first kappa shape index (κ1) is 14.5. The molecule has 4 nitrogen and oxygen atoms in total. The Morgan fingerprint density at radius 3 is 2.73 bits per heavy atom. The van der Waals surface area contributed by atoms with Crippen LogP contribution in [0.4, 0.5) is 0 Å². The van der Waals surface area contributed by atoms with Crippen LogP contribution in [0, 0.1) is 0 Å². The molecule has 0 amide bonds. The molecule has 112 valence electrons. The Kier molecular flexibility index (Phi) is 4.02. The van der Waals surface area contributed by atoms with Crippen molar-refractivity contribution >= 4 is 28.5 Å². The minimum absolute atomic E-state index is 0.116. The maximum Gasteiger partial charge on any atom is 0.310 e. The van der Waals surface area contributed by atoms with Gasteiger partial charge in [-0.1, -0.05) is 23.7 Å². The smallest absolute Gasteiger partial charge is 0.310 e. The predicted molar refractivity (Wildman–Crippen MR) is 82.8 cm³/mol. The van der Waals surface area contributed by atoms with Crippen molar-refractivity contribution in [3.63, 3.8) is 0 Å². The molecule has 0 radical (unpaired) electrons. The molecule has 0 atom stereocenters. The fourth-order valence-corrected chi connectivity index (χ4v) is 2.29. The van der Waals surface area contributed by atoms with Crippen LogP contribution in [0.3, 0.4) is 0 Å². The van der Waals surface area contributed by atoms with Crippen LogP contribution in [-0.4, -0.2) is 11.1 Å². The molecule has 3 aromatic rings. The van der Waals surface area contributed by atoms with Crippen LogP contribution in [-0.2, 0) is 22.6 Å². The standard InChI is InChI=1S/C17H13ClO4/c18-13-3-1-11(2-4-13)9-22-17(20)7-12-10-21-16-8-14(19)5-6-15(12)16/h1-6,8,10,19H,7,9H2. The number of hydrogen-bond acceptors (Lipinski definition) is 4. The summed E-state index contributed by atoms with van der Waals surface area (Å²) in [5.41, 5.74) is 2.15. The van der Waals surface area contributed by atoms with Gasteiger partial charge in [-0.2, -0.15) is 0 Å². The van der Waals surface area contributed by atoms with Crippen molar-refractivity contribution in [2.45, 2.75) is 13.0 Å². The van der Waals surface area contributed by atoms with E-state index in [0.29, 0.717) is 10.6 Å². The van der Waals surface area contributed by atoms with Crippen LogP contribution in [0.25, 0.3) is 11.0 Å². The molecule has 0 aliphatic heterocycles. The van der Waals surface area contributed by atoms with Crippen molar-refractivity contribution in [2.75, 3.05) is 0 Å². The van der Waals surface area contributed by atoms with Gasteiger partial charge in [0.1, 0.15) is 17.9 Å². The van der Waals surface area contributed by atoms with E-state index in [1.807, 2.05) is 12.1 Å². The summed E-state index contributed by atoms with van der Waals surface area (Å²) in [5, 5.41) is 10.8. The molecule has 0 aliphatic carbocycles. The maximum absolute atomic E-state index is 11.9. The summed E-state index contributed by atoms with van der Waals surface area (Å²) in [6, 6.07) is 11.9. The Labute approximate surface area is 131 Å². The lowest BCUT2D eigenvalue weighted by molar-refractivity contribution is -0.144. The fourth-order valence-electron chi connectivity index (χ4n) is 2.16. The third-order valence-electron chi connectivity index (χ3n) is 3.29. The van der Waals surface area contributed by atoms with E-state index in [1.165, 1.54) is 12.3 Å². The molecule has 0 bridgehead atoms. The Morgan fingerprint density at radius 1 is 1.18 bits per heavy atom. The zero-order chi connectivity index (χ0) is 15.5. The summed E-state index contributed by atoms with van der Waals surface area (Å²) in [5.74, 6) is -0.218. The quantitative estimate of drug-likeness (QED) is 0.737. The van der Waals surface area contributed by atoms with E-state index in [0.717, 1.165) is 16.5 Å². The summed E-state index contributed by atoms with van der Waals surface area (Å²) in [6.45, 7) is 0.201. The molecular weight excluding hydrogens is 304 g/mol. The molecule has 0 spiro atoms. The molecule has 0 unspecified atom stereocenters. The number of hydrogen-bond donors (Lipinski definition) is 1.